The van der Waals surface area contributed by atoms with Crippen molar-refractivity contribution in [2.75, 3.05) is 0 Å². The number of hydrogen-bond donors (Lipinski definition) is 0. The molecular weight excluding hydrogens is 572 g/mol. The molecule has 2 aliphatic carbocycles. The van der Waals surface area contributed by atoms with E-state index >= 15 is 0 Å². The van der Waals surface area contributed by atoms with Gasteiger partial charge in [0.25, 0.3) is 0 Å². The molecule has 4 rings (SSSR count). The number of rotatable bonds is 3. The van der Waals surface area contributed by atoms with Crippen LogP contribution in [0.15, 0.2) is 74.6 Å². The van der Waals surface area contributed by atoms with Crippen LogP contribution in [-0.2, 0) is 26.5 Å². The first kappa shape index (κ1) is 29.4. The van der Waals surface area contributed by atoms with Crippen LogP contribution in [0.2, 0.25) is 13.1 Å². The molecule has 2 unspecified atom stereocenters. The van der Waals surface area contributed by atoms with E-state index in [-0.39, 0.29) is 24.8 Å². The summed E-state index contributed by atoms with van der Waals surface area (Å²) in [6.45, 7) is 14.2. The minimum Gasteiger partial charge on any atom is -0.147 e. The Hall–Kier alpha value is -0.870. The molecule has 0 aromatic heterocycles. The summed E-state index contributed by atoms with van der Waals surface area (Å²) in [5.41, 5.74) is 7.97. The van der Waals surface area contributed by atoms with Crippen LogP contribution in [0, 0.1) is 5.92 Å². The van der Waals surface area contributed by atoms with E-state index in [4.69, 9.17) is 0 Å². The van der Waals surface area contributed by atoms with E-state index < -0.39 is 37.5 Å². The van der Waals surface area contributed by atoms with Gasteiger partial charge in [-0.25, -0.2) is 0 Å². The molecule has 0 saturated heterocycles. The number of alkyl halides is 3. The smallest absolute Gasteiger partial charge is 0.147 e. The van der Waals surface area contributed by atoms with Crippen LogP contribution in [-0.4, -0.2) is 5.43 Å². The molecule has 0 spiro atoms. The fourth-order valence-corrected chi connectivity index (χ4v) is 24.9. The predicted molar refractivity (Wildman–Crippen MR) is 140 cm³/mol. The van der Waals surface area contributed by atoms with Gasteiger partial charge in [-0.3, -0.25) is 0 Å². The minimum atomic E-state index is -4.31. The molecule has 0 nitrogen and oxygen atoms in total. The number of halogens is 5. The van der Waals surface area contributed by atoms with Crippen molar-refractivity contribution in [2.45, 2.75) is 50.6 Å². The molecule has 0 fully saturated rings. The van der Waals surface area contributed by atoms with Gasteiger partial charge in [0, 0.05) is 0 Å². The van der Waals surface area contributed by atoms with Crippen LogP contribution in [0.3, 0.4) is 0 Å². The van der Waals surface area contributed by atoms with Crippen molar-refractivity contribution < 1.29 is 33.5 Å². The zero-order valence-electron chi connectivity index (χ0n) is 20.3. The molecule has 0 amide bonds. The Labute approximate surface area is 221 Å². The number of benzene rings is 2. The normalized spacial score (nSPS) is 19.4. The van der Waals surface area contributed by atoms with Crippen molar-refractivity contribution in [1.82, 2.24) is 0 Å². The molecule has 0 radical (unpaired) electrons. The van der Waals surface area contributed by atoms with Gasteiger partial charge in [-0.15, -0.1) is 24.8 Å². The fourth-order valence-electron chi connectivity index (χ4n) is 5.24. The zero-order valence-corrected chi connectivity index (χ0v) is 25.4. The predicted octanol–water partition coefficient (Wildman–Crippen LogP) is 9.16. The first-order valence-electron chi connectivity index (χ1n) is 11.1. The molecular formula is C27H31Cl2F3SiZr. The Balaban J connectivity index is 0.00000204. The van der Waals surface area contributed by atoms with Gasteiger partial charge in [0.15, 0.2) is 0 Å². The summed E-state index contributed by atoms with van der Waals surface area (Å²) < 4.78 is 41.5. The first-order valence-corrected chi connectivity index (χ1v) is 19.9. The molecule has 0 N–H and O–H groups in total. The van der Waals surface area contributed by atoms with Crippen molar-refractivity contribution in [3.05, 3.63) is 96.9 Å². The van der Waals surface area contributed by atoms with Gasteiger partial charge in [-0.2, -0.15) is 0 Å². The minimum absolute atomic E-state index is 0. The quantitative estimate of drug-likeness (QED) is 0.308. The third-order valence-electron chi connectivity index (χ3n) is 7.22. The van der Waals surface area contributed by atoms with E-state index in [0.717, 1.165) is 11.1 Å². The van der Waals surface area contributed by atoms with Crippen LogP contribution < -0.4 is 0 Å². The van der Waals surface area contributed by atoms with E-state index in [1.165, 1.54) is 40.0 Å². The molecule has 34 heavy (non-hydrogen) atoms. The van der Waals surface area contributed by atoms with Crippen LogP contribution in [0.5, 0.6) is 0 Å². The standard InChI is InChI=1S/C16H10F3.C9H13.C2H6Si.2ClH.Zr/c17-16(18,19)13-8-5-12(6-9-13)15-10-7-11-3-1-2-4-14(11)15;1-6-5-7(2)9(4)8(6)3;1-3-2;;;/h1-10H;6H,1-4H3;1-2H3;2*1H;. The zero-order chi connectivity index (χ0) is 23.4. The van der Waals surface area contributed by atoms with Gasteiger partial charge in [0.1, 0.15) is 0 Å². The van der Waals surface area contributed by atoms with Gasteiger partial charge in [-0.05, 0) is 0 Å². The molecule has 182 valence electrons. The Kier molecular flexibility index (Phi) is 9.53. The number of allylic oxidation sites excluding steroid dienone is 5. The molecule has 0 bridgehead atoms. The monoisotopic (exact) mass is 600 g/mol. The van der Waals surface area contributed by atoms with E-state index in [1.807, 2.05) is 6.07 Å². The molecule has 0 heterocycles. The van der Waals surface area contributed by atoms with Crippen LogP contribution in [0.1, 0.15) is 53.6 Å². The SMILES string of the molecule is CC1=C(C)C(C)[C]([Zr]([CH]2C=C(c3ccc(C(F)(F)F)cc3)c3ccccc32)=[Si](C)C)=C1C.Cl.Cl. The Morgan fingerprint density at radius 3 is 1.94 bits per heavy atom. The number of hydrogen-bond acceptors (Lipinski definition) is 0. The topological polar surface area (TPSA) is 0 Å². The van der Waals surface area contributed by atoms with E-state index in [9.17, 15) is 13.2 Å². The van der Waals surface area contributed by atoms with Gasteiger partial charge in [0.2, 0.25) is 0 Å². The summed E-state index contributed by atoms with van der Waals surface area (Å²) in [7, 11) is 0. The van der Waals surface area contributed by atoms with Gasteiger partial charge >= 0.3 is 198 Å². The molecule has 0 saturated carbocycles. The second kappa shape index (κ2) is 11.0. The van der Waals surface area contributed by atoms with Crippen LogP contribution in [0.25, 0.3) is 5.57 Å². The van der Waals surface area contributed by atoms with Crippen LogP contribution >= 0.6 is 24.8 Å². The second-order valence-corrected chi connectivity index (χ2v) is 26.7. The summed E-state index contributed by atoms with van der Waals surface area (Å²) in [5.74, 6) is 0.528. The first-order chi connectivity index (χ1) is 15.0. The summed E-state index contributed by atoms with van der Waals surface area (Å²) in [4.78, 5) is 0. The molecule has 2 atom stereocenters. The average molecular weight is 603 g/mol. The second-order valence-electron chi connectivity index (χ2n) is 9.20. The fraction of sp³-hybridized carbons (Fsp3) is 0.333. The van der Waals surface area contributed by atoms with E-state index in [0.29, 0.717) is 9.54 Å². The maximum atomic E-state index is 13.1. The number of fused-ring (bicyclic) bond motifs is 1. The third kappa shape index (κ3) is 5.14. The van der Waals surface area contributed by atoms with Gasteiger partial charge < -0.3 is 0 Å². The molecule has 2 aliphatic rings. The molecule has 0 aliphatic heterocycles. The Bertz CT molecular complexity index is 1220. The van der Waals surface area contributed by atoms with Crippen molar-refractivity contribution in [3.8, 4) is 0 Å². The average Bonchev–Trinajstić information content (AvgIpc) is 3.21. The summed E-state index contributed by atoms with van der Waals surface area (Å²) in [6, 6.07) is 14.3. The maximum absolute atomic E-state index is 13.1. The molecule has 7 heteroatoms. The maximum Gasteiger partial charge on any atom is -0.147 e. The van der Waals surface area contributed by atoms with Gasteiger partial charge in [0.05, 0.1) is 0 Å². The van der Waals surface area contributed by atoms with E-state index in [2.05, 4.69) is 65.1 Å². The Morgan fingerprint density at radius 2 is 1.44 bits per heavy atom. The van der Waals surface area contributed by atoms with E-state index in [1.54, 1.807) is 15.4 Å². The van der Waals surface area contributed by atoms with Crippen molar-refractivity contribution in [2.24, 2.45) is 5.92 Å². The summed E-state index contributed by atoms with van der Waals surface area (Å²) in [6.07, 6.45) is -1.90. The van der Waals surface area contributed by atoms with Crippen molar-refractivity contribution in [1.29, 1.82) is 0 Å². The largest absolute Gasteiger partial charge is 0.147 e. The third-order valence-corrected chi connectivity index (χ3v) is 25.8. The van der Waals surface area contributed by atoms with Crippen LogP contribution in [0.4, 0.5) is 13.2 Å². The summed E-state index contributed by atoms with van der Waals surface area (Å²) >= 11 is -2.11. The van der Waals surface area contributed by atoms with Gasteiger partial charge in [-0.1, -0.05) is 0 Å². The molecule has 2 aromatic carbocycles. The molecule has 2 aromatic rings. The summed E-state index contributed by atoms with van der Waals surface area (Å²) in [5, 5.41) is 0. The Morgan fingerprint density at radius 1 is 0.853 bits per heavy atom. The van der Waals surface area contributed by atoms with Crippen molar-refractivity contribution >= 4 is 35.8 Å². The van der Waals surface area contributed by atoms with Crippen molar-refractivity contribution in [3.63, 3.8) is 0 Å².